The number of aryl methyl sites for hydroxylation is 1. The highest BCUT2D eigenvalue weighted by Crippen LogP contribution is 2.34. The third-order valence-electron chi connectivity index (χ3n) is 9.89. The first kappa shape index (κ1) is 35.1. The number of piperazine rings is 1. The second-order valence-electron chi connectivity index (χ2n) is 13.3. The van der Waals surface area contributed by atoms with Crippen LogP contribution in [-0.4, -0.2) is 72.0 Å². The third kappa shape index (κ3) is 10.2. The van der Waals surface area contributed by atoms with Crippen molar-refractivity contribution in [3.05, 3.63) is 108 Å². The van der Waals surface area contributed by atoms with E-state index in [-0.39, 0.29) is 18.4 Å². The summed E-state index contributed by atoms with van der Waals surface area (Å²) in [5, 5.41) is 5.92. The number of carbonyl (C=O) groups is 3. The van der Waals surface area contributed by atoms with Gasteiger partial charge in [-0.2, -0.15) is 0 Å². The molecular formula is C40H52N4O4. The van der Waals surface area contributed by atoms with E-state index in [1.54, 1.807) is 0 Å². The van der Waals surface area contributed by atoms with Gasteiger partial charge in [-0.1, -0.05) is 104 Å². The van der Waals surface area contributed by atoms with Crippen LogP contribution in [0, 0.1) is 0 Å². The maximum absolute atomic E-state index is 14.0. The van der Waals surface area contributed by atoms with Gasteiger partial charge in [-0.05, 0) is 81.0 Å². The molecule has 2 N–H and O–H groups in total. The summed E-state index contributed by atoms with van der Waals surface area (Å²) in [6, 6.07) is 29.9. The van der Waals surface area contributed by atoms with E-state index in [4.69, 9.17) is 4.74 Å². The maximum Gasteiger partial charge on any atom is 0.407 e. The van der Waals surface area contributed by atoms with Crippen molar-refractivity contribution in [2.45, 2.75) is 88.8 Å². The van der Waals surface area contributed by atoms with Crippen LogP contribution in [0.5, 0.6) is 0 Å². The Balaban J connectivity index is 1.07. The summed E-state index contributed by atoms with van der Waals surface area (Å²) in [7, 11) is 0. The normalized spacial score (nSPS) is 17.7. The highest BCUT2D eigenvalue weighted by atomic mass is 16.5. The summed E-state index contributed by atoms with van der Waals surface area (Å²) in [4.78, 5) is 44.4. The molecule has 8 nitrogen and oxygen atoms in total. The van der Waals surface area contributed by atoms with Crippen LogP contribution < -0.4 is 10.6 Å². The van der Waals surface area contributed by atoms with E-state index >= 15 is 0 Å². The molecule has 5 rings (SSSR count). The highest BCUT2D eigenvalue weighted by Gasteiger charge is 2.53. The molecule has 8 heteroatoms. The smallest absolute Gasteiger partial charge is 0.407 e. The van der Waals surface area contributed by atoms with Gasteiger partial charge >= 0.3 is 6.09 Å². The number of alkyl carbamates (subject to hydrolysis) is 1. The molecule has 256 valence electrons. The van der Waals surface area contributed by atoms with E-state index in [0.29, 0.717) is 45.2 Å². The number of rotatable bonds is 17. The Kier molecular flexibility index (Phi) is 13.5. The van der Waals surface area contributed by atoms with Crippen LogP contribution in [0.2, 0.25) is 0 Å². The van der Waals surface area contributed by atoms with Crippen LogP contribution in [0.3, 0.4) is 0 Å². The topological polar surface area (TPSA) is 91.0 Å². The van der Waals surface area contributed by atoms with E-state index in [0.717, 1.165) is 50.0 Å². The predicted octanol–water partition coefficient (Wildman–Crippen LogP) is 6.29. The van der Waals surface area contributed by atoms with Crippen molar-refractivity contribution >= 4 is 17.9 Å². The summed E-state index contributed by atoms with van der Waals surface area (Å²) in [6.07, 6.45) is 9.47. The van der Waals surface area contributed by atoms with Gasteiger partial charge < -0.3 is 25.2 Å². The number of benzene rings is 3. The minimum atomic E-state index is -0.793. The SMILES string of the molecule is O=C(NCCCCC1NC(=O)C2(CCN(CCCCCCc3ccccc3)CC2)N(CCc2ccccc2)C1=O)OCc1ccccc1. The summed E-state index contributed by atoms with van der Waals surface area (Å²) in [5.74, 6) is 0.0102. The molecule has 48 heavy (non-hydrogen) atoms. The summed E-state index contributed by atoms with van der Waals surface area (Å²) >= 11 is 0. The number of unbranched alkanes of at least 4 members (excludes halogenated alkanes) is 4. The van der Waals surface area contributed by atoms with Gasteiger partial charge in [0.1, 0.15) is 18.2 Å². The molecule has 2 aliphatic rings. The maximum atomic E-state index is 14.0. The average molecular weight is 653 g/mol. The number of nitrogens with zero attached hydrogens (tertiary/aromatic N) is 2. The molecule has 2 fully saturated rings. The summed E-state index contributed by atoms with van der Waals surface area (Å²) < 4.78 is 5.29. The Morgan fingerprint density at radius 2 is 1.33 bits per heavy atom. The van der Waals surface area contributed by atoms with Crippen molar-refractivity contribution in [3.8, 4) is 0 Å². The van der Waals surface area contributed by atoms with Gasteiger partial charge in [-0.15, -0.1) is 0 Å². The van der Waals surface area contributed by atoms with Crippen molar-refractivity contribution in [3.63, 3.8) is 0 Å². The molecule has 3 aromatic carbocycles. The Bertz CT molecular complexity index is 1410. The van der Waals surface area contributed by atoms with E-state index in [1.165, 1.54) is 24.8 Å². The Morgan fingerprint density at radius 3 is 2.00 bits per heavy atom. The summed E-state index contributed by atoms with van der Waals surface area (Å²) in [5.41, 5.74) is 2.72. The van der Waals surface area contributed by atoms with Crippen molar-refractivity contribution in [1.29, 1.82) is 0 Å². The minimum Gasteiger partial charge on any atom is -0.445 e. The molecule has 3 aromatic rings. The molecule has 2 heterocycles. The zero-order valence-electron chi connectivity index (χ0n) is 28.3. The molecule has 0 aromatic heterocycles. The number of ether oxygens (including phenoxy) is 1. The molecule has 1 spiro atoms. The fraction of sp³-hybridized carbons (Fsp3) is 0.475. The van der Waals surface area contributed by atoms with Gasteiger partial charge in [0.2, 0.25) is 11.8 Å². The minimum absolute atomic E-state index is 0.0108. The van der Waals surface area contributed by atoms with E-state index in [1.807, 2.05) is 53.4 Å². The fourth-order valence-electron chi connectivity index (χ4n) is 7.03. The second-order valence-corrected chi connectivity index (χ2v) is 13.3. The molecule has 0 aliphatic carbocycles. The molecule has 1 unspecified atom stereocenters. The molecular weight excluding hydrogens is 600 g/mol. The van der Waals surface area contributed by atoms with Gasteiger partial charge in [0.05, 0.1) is 0 Å². The van der Waals surface area contributed by atoms with Crippen LogP contribution in [0.1, 0.15) is 74.5 Å². The Morgan fingerprint density at radius 1 is 0.729 bits per heavy atom. The molecule has 2 saturated heterocycles. The average Bonchev–Trinajstić information content (AvgIpc) is 3.13. The van der Waals surface area contributed by atoms with Gasteiger partial charge in [0, 0.05) is 26.2 Å². The van der Waals surface area contributed by atoms with Crippen molar-refractivity contribution < 1.29 is 19.1 Å². The number of carbonyl (C=O) groups excluding carboxylic acids is 3. The van der Waals surface area contributed by atoms with Crippen molar-refractivity contribution in [2.24, 2.45) is 0 Å². The molecule has 3 amide bonds. The molecule has 1 atom stereocenters. The van der Waals surface area contributed by atoms with E-state index in [9.17, 15) is 14.4 Å². The lowest BCUT2D eigenvalue weighted by molar-refractivity contribution is -0.161. The zero-order valence-corrected chi connectivity index (χ0v) is 28.3. The van der Waals surface area contributed by atoms with Crippen LogP contribution >= 0.6 is 0 Å². The van der Waals surface area contributed by atoms with Gasteiger partial charge in [0.15, 0.2) is 0 Å². The standard InChI is InChI=1S/C40H52N4O4/c45-37-36(23-13-14-27-41-39(47)48-32-35-21-11-5-12-22-35)42-38(46)40(44(37)29-24-34-19-9-4-10-20-34)25-30-43(31-26-40)28-15-2-1-6-16-33-17-7-3-8-18-33/h3-5,7-12,17-22,36H,1-2,6,13-16,23-32H2,(H,41,47)(H,42,46). The molecule has 0 radical (unpaired) electrons. The van der Waals surface area contributed by atoms with Crippen molar-refractivity contribution in [1.82, 2.24) is 20.4 Å². The number of amides is 3. The Hall–Kier alpha value is -4.17. The van der Waals surface area contributed by atoms with Gasteiger partial charge in [-0.3, -0.25) is 9.59 Å². The fourth-order valence-corrected chi connectivity index (χ4v) is 7.03. The number of likely N-dealkylation sites (tertiary alicyclic amines) is 1. The third-order valence-corrected chi connectivity index (χ3v) is 9.89. The quantitative estimate of drug-likeness (QED) is 0.167. The van der Waals surface area contributed by atoms with E-state index in [2.05, 4.69) is 58.0 Å². The van der Waals surface area contributed by atoms with Crippen LogP contribution in [0.15, 0.2) is 91.0 Å². The first-order chi connectivity index (χ1) is 23.5. The number of piperidine rings is 1. The summed E-state index contributed by atoms with van der Waals surface area (Å²) in [6.45, 7) is 3.89. The Labute approximate surface area is 286 Å². The van der Waals surface area contributed by atoms with E-state index < -0.39 is 17.7 Å². The number of nitrogens with one attached hydrogen (secondary N) is 2. The van der Waals surface area contributed by atoms with Gasteiger partial charge in [0.25, 0.3) is 0 Å². The predicted molar refractivity (Wildman–Crippen MR) is 189 cm³/mol. The van der Waals surface area contributed by atoms with Crippen molar-refractivity contribution in [2.75, 3.05) is 32.7 Å². The second kappa shape index (κ2) is 18.4. The lowest BCUT2D eigenvalue weighted by Gasteiger charge is -2.51. The lowest BCUT2D eigenvalue weighted by Crippen LogP contribution is -2.73. The molecule has 0 saturated carbocycles. The monoisotopic (exact) mass is 652 g/mol. The number of hydrogen-bond acceptors (Lipinski definition) is 5. The zero-order chi connectivity index (χ0) is 33.4. The first-order valence-corrected chi connectivity index (χ1v) is 17.9. The van der Waals surface area contributed by atoms with Crippen LogP contribution in [0.25, 0.3) is 0 Å². The first-order valence-electron chi connectivity index (χ1n) is 17.9. The van der Waals surface area contributed by atoms with Gasteiger partial charge in [-0.25, -0.2) is 4.79 Å². The number of hydrogen-bond donors (Lipinski definition) is 2. The highest BCUT2D eigenvalue weighted by molar-refractivity contribution is 6.00. The lowest BCUT2D eigenvalue weighted by atomic mass is 9.81. The van der Waals surface area contributed by atoms with Crippen LogP contribution in [0.4, 0.5) is 4.79 Å². The largest absolute Gasteiger partial charge is 0.445 e. The molecule has 2 aliphatic heterocycles. The molecule has 0 bridgehead atoms. The van der Waals surface area contributed by atoms with Crippen LogP contribution in [-0.2, 0) is 33.8 Å².